The van der Waals surface area contributed by atoms with Gasteiger partial charge in [-0.15, -0.1) is 0 Å². The van der Waals surface area contributed by atoms with E-state index in [1.807, 2.05) is 18.4 Å². The molecule has 0 amide bonds. The first-order valence-electron chi connectivity index (χ1n) is 5.47. The molecule has 0 aliphatic heterocycles. The molecule has 90 valence electrons. The van der Waals surface area contributed by atoms with E-state index in [4.69, 9.17) is 5.11 Å². The predicted molar refractivity (Wildman–Crippen MR) is 63.6 cm³/mol. The molecule has 0 saturated carbocycles. The van der Waals surface area contributed by atoms with E-state index in [9.17, 15) is 9.18 Å². The van der Waals surface area contributed by atoms with Gasteiger partial charge in [-0.25, -0.2) is 4.39 Å². The number of rotatable bonds is 3. The van der Waals surface area contributed by atoms with E-state index in [1.165, 1.54) is 12.1 Å². The van der Waals surface area contributed by atoms with E-state index >= 15 is 0 Å². The first-order chi connectivity index (χ1) is 8.00. The number of halogens is 1. The third kappa shape index (κ3) is 2.02. The van der Waals surface area contributed by atoms with Gasteiger partial charge in [0, 0.05) is 17.6 Å². The molecule has 0 spiro atoms. The maximum Gasteiger partial charge on any atom is 0.305 e. The molecule has 0 saturated heterocycles. The van der Waals surface area contributed by atoms with Crippen LogP contribution in [0.15, 0.2) is 18.2 Å². The molecule has 0 aliphatic rings. The summed E-state index contributed by atoms with van der Waals surface area (Å²) < 4.78 is 15.1. The Balaban J connectivity index is 2.56. The van der Waals surface area contributed by atoms with Crippen molar-refractivity contribution in [1.82, 2.24) is 4.57 Å². The summed E-state index contributed by atoms with van der Waals surface area (Å²) in [4.78, 5) is 10.6. The highest BCUT2D eigenvalue weighted by molar-refractivity contribution is 5.85. The number of hydrogen-bond donors (Lipinski definition) is 1. The van der Waals surface area contributed by atoms with Gasteiger partial charge in [-0.05, 0) is 37.6 Å². The van der Waals surface area contributed by atoms with Crippen LogP contribution in [0.4, 0.5) is 4.39 Å². The molecule has 3 nitrogen and oxygen atoms in total. The van der Waals surface area contributed by atoms with Gasteiger partial charge in [-0.1, -0.05) is 0 Å². The zero-order valence-corrected chi connectivity index (χ0v) is 9.83. The Kier molecular flexibility index (Phi) is 2.88. The number of hydrogen-bond acceptors (Lipinski definition) is 1. The number of aryl methyl sites for hydroxylation is 2. The van der Waals surface area contributed by atoms with E-state index < -0.39 is 5.97 Å². The van der Waals surface area contributed by atoms with Crippen LogP contribution in [0, 0.1) is 19.7 Å². The Morgan fingerprint density at radius 3 is 2.76 bits per heavy atom. The van der Waals surface area contributed by atoms with Crippen molar-refractivity contribution in [2.24, 2.45) is 0 Å². The van der Waals surface area contributed by atoms with Gasteiger partial charge in [-0.2, -0.15) is 0 Å². The zero-order valence-electron chi connectivity index (χ0n) is 9.83. The molecule has 0 radical (unpaired) electrons. The van der Waals surface area contributed by atoms with Crippen molar-refractivity contribution in [3.8, 4) is 0 Å². The van der Waals surface area contributed by atoms with Crippen molar-refractivity contribution in [3.05, 3.63) is 35.3 Å². The van der Waals surface area contributed by atoms with Crippen molar-refractivity contribution < 1.29 is 14.3 Å². The molecule has 0 bridgehead atoms. The van der Waals surface area contributed by atoms with Gasteiger partial charge in [0.05, 0.1) is 11.9 Å². The Hall–Kier alpha value is -1.84. The van der Waals surface area contributed by atoms with E-state index in [0.717, 1.165) is 22.2 Å². The van der Waals surface area contributed by atoms with Gasteiger partial charge >= 0.3 is 5.97 Å². The fourth-order valence-corrected chi connectivity index (χ4v) is 2.12. The number of carboxylic acids is 1. The van der Waals surface area contributed by atoms with E-state index in [2.05, 4.69) is 0 Å². The van der Waals surface area contributed by atoms with Crippen LogP contribution < -0.4 is 0 Å². The molecule has 17 heavy (non-hydrogen) atoms. The van der Waals surface area contributed by atoms with Crippen LogP contribution in [0.1, 0.15) is 17.7 Å². The minimum atomic E-state index is -0.847. The van der Waals surface area contributed by atoms with Crippen molar-refractivity contribution >= 4 is 16.9 Å². The first-order valence-corrected chi connectivity index (χ1v) is 5.47. The minimum Gasteiger partial charge on any atom is -0.481 e. The lowest BCUT2D eigenvalue weighted by atomic mass is 10.1. The Bertz CT molecular complexity index is 587. The van der Waals surface area contributed by atoms with Crippen LogP contribution in [-0.4, -0.2) is 15.6 Å². The smallest absolute Gasteiger partial charge is 0.305 e. The molecule has 0 fully saturated rings. The van der Waals surface area contributed by atoms with Crippen LogP contribution in [0.5, 0.6) is 0 Å². The van der Waals surface area contributed by atoms with E-state index in [1.54, 1.807) is 6.07 Å². The molecule has 1 heterocycles. The van der Waals surface area contributed by atoms with Gasteiger partial charge in [-0.3, -0.25) is 4.79 Å². The summed E-state index contributed by atoms with van der Waals surface area (Å²) in [5.41, 5.74) is 2.83. The molecule has 2 aromatic rings. The Labute approximate surface area is 98.5 Å². The number of aliphatic carboxylic acids is 1. The summed E-state index contributed by atoms with van der Waals surface area (Å²) in [6, 6.07) is 4.62. The zero-order chi connectivity index (χ0) is 12.6. The summed E-state index contributed by atoms with van der Waals surface area (Å²) >= 11 is 0. The molecule has 0 aliphatic carbocycles. The number of nitrogens with zero attached hydrogens (tertiary/aromatic N) is 1. The van der Waals surface area contributed by atoms with Gasteiger partial charge in [0.25, 0.3) is 0 Å². The minimum absolute atomic E-state index is 0.0422. The number of benzene rings is 1. The highest BCUT2D eigenvalue weighted by Gasteiger charge is 2.12. The number of carboxylic acid groups (broad SMARTS) is 1. The summed E-state index contributed by atoms with van der Waals surface area (Å²) in [7, 11) is 0. The number of fused-ring (bicyclic) bond motifs is 1. The third-order valence-corrected chi connectivity index (χ3v) is 3.15. The van der Waals surface area contributed by atoms with Crippen LogP contribution in [0.25, 0.3) is 10.9 Å². The normalized spacial score (nSPS) is 11.0. The fourth-order valence-electron chi connectivity index (χ4n) is 2.12. The molecule has 0 unspecified atom stereocenters. The quantitative estimate of drug-likeness (QED) is 0.888. The van der Waals surface area contributed by atoms with E-state index in [0.29, 0.717) is 6.54 Å². The van der Waals surface area contributed by atoms with Crippen molar-refractivity contribution in [2.75, 3.05) is 0 Å². The van der Waals surface area contributed by atoms with Gasteiger partial charge in [0.15, 0.2) is 0 Å². The fraction of sp³-hybridized carbons (Fsp3) is 0.308. The van der Waals surface area contributed by atoms with Gasteiger partial charge in [0.2, 0.25) is 0 Å². The monoisotopic (exact) mass is 235 g/mol. The number of aromatic nitrogens is 1. The van der Waals surface area contributed by atoms with Gasteiger partial charge in [0.1, 0.15) is 5.82 Å². The Morgan fingerprint density at radius 2 is 2.12 bits per heavy atom. The topological polar surface area (TPSA) is 42.2 Å². The second-order valence-corrected chi connectivity index (χ2v) is 4.17. The third-order valence-electron chi connectivity index (χ3n) is 3.15. The lowest BCUT2D eigenvalue weighted by Crippen LogP contribution is -2.06. The van der Waals surface area contributed by atoms with E-state index in [-0.39, 0.29) is 12.2 Å². The molecule has 4 heteroatoms. The standard InChI is InChI=1S/C13H14FNO2/c1-8-9(2)15(6-5-13(16)17)12-7-10(14)3-4-11(8)12/h3-4,7H,5-6H2,1-2H3,(H,16,17). The average molecular weight is 235 g/mol. The highest BCUT2D eigenvalue weighted by Crippen LogP contribution is 2.26. The van der Waals surface area contributed by atoms with Crippen molar-refractivity contribution in [3.63, 3.8) is 0 Å². The second-order valence-electron chi connectivity index (χ2n) is 4.17. The highest BCUT2D eigenvalue weighted by atomic mass is 19.1. The van der Waals surface area contributed by atoms with Gasteiger partial charge < -0.3 is 9.67 Å². The molecule has 2 rings (SSSR count). The number of carbonyl (C=O) groups is 1. The maximum atomic E-state index is 13.2. The van der Waals surface area contributed by atoms with Crippen molar-refractivity contribution in [1.29, 1.82) is 0 Å². The summed E-state index contributed by atoms with van der Waals surface area (Å²) in [5, 5.41) is 9.69. The summed E-state index contributed by atoms with van der Waals surface area (Å²) in [5.74, 6) is -1.15. The first kappa shape index (κ1) is 11.6. The van der Waals surface area contributed by atoms with Crippen LogP contribution in [0.2, 0.25) is 0 Å². The lowest BCUT2D eigenvalue weighted by molar-refractivity contribution is -0.137. The summed E-state index contributed by atoms with van der Waals surface area (Å²) in [6.07, 6.45) is 0.0422. The SMILES string of the molecule is Cc1c(C)n(CCC(=O)O)c2cc(F)ccc12. The predicted octanol–water partition coefficient (Wildman–Crippen LogP) is 2.87. The van der Waals surface area contributed by atoms with Crippen LogP contribution in [-0.2, 0) is 11.3 Å². The molecule has 1 aromatic heterocycles. The summed E-state index contributed by atoms with van der Waals surface area (Å²) in [6.45, 7) is 4.26. The second kappa shape index (κ2) is 4.20. The molecule has 1 aromatic carbocycles. The van der Waals surface area contributed by atoms with Crippen LogP contribution >= 0.6 is 0 Å². The lowest BCUT2D eigenvalue weighted by Gasteiger charge is -2.06. The Morgan fingerprint density at radius 1 is 1.41 bits per heavy atom. The molecule has 0 atom stereocenters. The molecular weight excluding hydrogens is 221 g/mol. The largest absolute Gasteiger partial charge is 0.481 e. The van der Waals surface area contributed by atoms with Crippen LogP contribution in [0.3, 0.4) is 0 Å². The average Bonchev–Trinajstić information content (AvgIpc) is 2.49. The van der Waals surface area contributed by atoms with Crippen molar-refractivity contribution in [2.45, 2.75) is 26.8 Å². The molecular formula is C13H14FNO2. The maximum absolute atomic E-state index is 13.2. The molecule has 1 N–H and O–H groups in total.